The number of hydrogen-bond acceptors (Lipinski definition) is 4. The van der Waals surface area contributed by atoms with Crippen molar-refractivity contribution in [1.29, 1.82) is 0 Å². The molecule has 1 fully saturated rings. The van der Waals surface area contributed by atoms with Crippen LogP contribution in [0.1, 0.15) is 11.1 Å². The molecule has 1 N–H and O–H groups in total. The second-order valence-electron chi connectivity index (χ2n) is 5.95. The molecule has 1 amide bonds. The van der Waals surface area contributed by atoms with Gasteiger partial charge in [-0.3, -0.25) is 9.69 Å². The van der Waals surface area contributed by atoms with E-state index in [2.05, 4.69) is 16.0 Å². The zero-order valence-electron chi connectivity index (χ0n) is 13.5. The summed E-state index contributed by atoms with van der Waals surface area (Å²) in [4.78, 5) is 30.6. The van der Waals surface area contributed by atoms with E-state index in [1.54, 1.807) is 4.90 Å². The van der Waals surface area contributed by atoms with Crippen molar-refractivity contribution >= 4 is 17.0 Å². The second-order valence-corrected chi connectivity index (χ2v) is 5.95. The average molecular weight is 315 g/mol. The minimum absolute atomic E-state index is 0.0447. The number of aryl methyl sites for hydroxylation is 1. The van der Waals surface area contributed by atoms with Crippen molar-refractivity contribution in [1.82, 2.24) is 14.8 Å². The molecule has 0 saturated carbocycles. The van der Waals surface area contributed by atoms with Crippen molar-refractivity contribution in [2.24, 2.45) is 0 Å². The predicted octanol–water partition coefficient (Wildman–Crippen LogP) is 1.72. The lowest BCUT2D eigenvalue weighted by atomic mass is 10.1. The average Bonchev–Trinajstić information content (AvgIpc) is 2.56. The van der Waals surface area contributed by atoms with Crippen LogP contribution in [0.25, 0.3) is 10.9 Å². The van der Waals surface area contributed by atoms with Gasteiger partial charge in [-0.1, -0.05) is 11.6 Å². The topological polar surface area (TPSA) is 65.6 Å². The summed E-state index contributed by atoms with van der Waals surface area (Å²) in [6.07, 6.45) is -0.288. The first-order valence-electron chi connectivity index (χ1n) is 7.74. The van der Waals surface area contributed by atoms with Gasteiger partial charge in [-0.05, 0) is 30.5 Å². The summed E-state index contributed by atoms with van der Waals surface area (Å²) in [5.41, 5.74) is 2.74. The van der Waals surface area contributed by atoms with Gasteiger partial charge in [-0.15, -0.1) is 0 Å². The quantitative estimate of drug-likeness (QED) is 0.916. The molecule has 1 aliphatic rings. The van der Waals surface area contributed by atoms with Crippen LogP contribution in [0.15, 0.2) is 29.1 Å². The molecule has 0 unspecified atom stereocenters. The van der Waals surface area contributed by atoms with Gasteiger partial charge >= 0.3 is 6.09 Å². The zero-order valence-corrected chi connectivity index (χ0v) is 13.5. The number of amides is 1. The van der Waals surface area contributed by atoms with Gasteiger partial charge in [0.15, 0.2) is 0 Å². The number of aromatic nitrogens is 1. The monoisotopic (exact) mass is 315 g/mol. The fraction of sp³-hybridized carbons (Fsp3) is 0.412. The van der Waals surface area contributed by atoms with Gasteiger partial charge < -0.3 is 14.6 Å². The van der Waals surface area contributed by atoms with E-state index >= 15 is 0 Å². The number of piperazine rings is 1. The number of hydrogen-bond donors (Lipinski definition) is 1. The zero-order chi connectivity index (χ0) is 16.4. The molecule has 0 atom stereocenters. The molecule has 1 aromatic heterocycles. The van der Waals surface area contributed by atoms with E-state index in [1.165, 1.54) is 12.7 Å². The molecule has 0 bridgehead atoms. The van der Waals surface area contributed by atoms with Crippen LogP contribution in [0.2, 0.25) is 0 Å². The number of methoxy groups -OCH3 is 1. The third kappa shape index (κ3) is 3.37. The number of benzene rings is 1. The van der Waals surface area contributed by atoms with Crippen molar-refractivity contribution in [3.05, 3.63) is 45.7 Å². The highest BCUT2D eigenvalue weighted by molar-refractivity contribution is 5.79. The third-order valence-corrected chi connectivity index (χ3v) is 4.28. The summed E-state index contributed by atoms with van der Waals surface area (Å²) in [5, 5.41) is 1.05. The number of H-pyrrole nitrogens is 1. The Labute approximate surface area is 134 Å². The molecule has 3 rings (SSSR count). The number of carbonyl (C=O) groups excluding carboxylic acids is 1. The summed E-state index contributed by atoms with van der Waals surface area (Å²) in [6.45, 7) is 5.35. The first-order chi connectivity index (χ1) is 11.1. The number of ether oxygens (including phenoxy) is 1. The lowest BCUT2D eigenvalue weighted by Gasteiger charge is -2.33. The molecule has 1 aromatic carbocycles. The summed E-state index contributed by atoms with van der Waals surface area (Å²) >= 11 is 0. The van der Waals surface area contributed by atoms with E-state index in [-0.39, 0.29) is 11.7 Å². The molecule has 0 aliphatic carbocycles. The van der Waals surface area contributed by atoms with Crippen LogP contribution < -0.4 is 5.56 Å². The van der Waals surface area contributed by atoms with E-state index in [0.29, 0.717) is 19.6 Å². The van der Waals surface area contributed by atoms with Crippen molar-refractivity contribution in [3.8, 4) is 0 Å². The van der Waals surface area contributed by atoms with E-state index in [4.69, 9.17) is 4.74 Å². The molecule has 122 valence electrons. The Kier molecular flexibility index (Phi) is 4.34. The maximum Gasteiger partial charge on any atom is 0.409 e. The fourth-order valence-electron chi connectivity index (χ4n) is 2.95. The fourth-order valence-corrected chi connectivity index (χ4v) is 2.95. The first kappa shape index (κ1) is 15.6. The van der Waals surface area contributed by atoms with Gasteiger partial charge in [-0.25, -0.2) is 4.79 Å². The number of nitrogens with zero attached hydrogens (tertiary/aromatic N) is 2. The van der Waals surface area contributed by atoms with Gasteiger partial charge in [-0.2, -0.15) is 0 Å². The molecule has 2 aromatic rings. The maximum atomic E-state index is 12.2. The predicted molar refractivity (Wildman–Crippen MR) is 88.6 cm³/mol. The standard InChI is InChI=1S/C17H21N3O3/c1-12-3-4-15-13(9-12)10-14(16(21)18-15)11-19-5-7-20(8-6-19)17(22)23-2/h3-4,9-10H,5-8,11H2,1-2H3,(H,18,21). The molecule has 1 aliphatic heterocycles. The van der Waals surface area contributed by atoms with Crippen molar-refractivity contribution < 1.29 is 9.53 Å². The highest BCUT2D eigenvalue weighted by atomic mass is 16.5. The van der Waals surface area contributed by atoms with Crippen molar-refractivity contribution in [2.75, 3.05) is 33.3 Å². The van der Waals surface area contributed by atoms with Crippen LogP contribution in [-0.2, 0) is 11.3 Å². The van der Waals surface area contributed by atoms with Crippen LogP contribution >= 0.6 is 0 Å². The normalized spacial score (nSPS) is 15.8. The highest BCUT2D eigenvalue weighted by Gasteiger charge is 2.22. The number of rotatable bonds is 2. The summed E-state index contributed by atoms with van der Waals surface area (Å²) in [6, 6.07) is 7.97. The summed E-state index contributed by atoms with van der Waals surface area (Å²) < 4.78 is 4.74. The Hall–Kier alpha value is -2.34. The Bertz CT molecular complexity index is 776. The smallest absolute Gasteiger partial charge is 0.409 e. The molecule has 6 nitrogen and oxygen atoms in total. The molecule has 0 spiro atoms. The summed E-state index contributed by atoms with van der Waals surface area (Å²) in [5.74, 6) is 0. The van der Waals surface area contributed by atoms with Crippen LogP contribution in [0.3, 0.4) is 0 Å². The molecule has 6 heteroatoms. The van der Waals surface area contributed by atoms with Crippen LogP contribution in [0.4, 0.5) is 4.79 Å². The SMILES string of the molecule is COC(=O)N1CCN(Cc2cc3cc(C)ccc3[nH]c2=O)CC1. The van der Waals surface area contributed by atoms with Gasteiger partial charge in [0.2, 0.25) is 0 Å². The van der Waals surface area contributed by atoms with Crippen LogP contribution in [0.5, 0.6) is 0 Å². The minimum atomic E-state index is -0.288. The molecule has 0 radical (unpaired) electrons. The highest BCUT2D eigenvalue weighted by Crippen LogP contribution is 2.15. The molecule has 1 saturated heterocycles. The van der Waals surface area contributed by atoms with Gasteiger partial charge in [0.1, 0.15) is 0 Å². The van der Waals surface area contributed by atoms with Gasteiger partial charge in [0.05, 0.1) is 7.11 Å². The Morgan fingerprint density at radius 1 is 1.22 bits per heavy atom. The Balaban J connectivity index is 1.73. The largest absolute Gasteiger partial charge is 0.453 e. The third-order valence-electron chi connectivity index (χ3n) is 4.28. The maximum absolute atomic E-state index is 12.2. The lowest BCUT2D eigenvalue weighted by molar-refractivity contribution is 0.0888. The van der Waals surface area contributed by atoms with Crippen molar-refractivity contribution in [3.63, 3.8) is 0 Å². The number of nitrogens with one attached hydrogen (secondary N) is 1. The minimum Gasteiger partial charge on any atom is -0.453 e. The number of aromatic amines is 1. The first-order valence-corrected chi connectivity index (χ1v) is 7.74. The molecule has 2 heterocycles. The van der Waals surface area contributed by atoms with Crippen LogP contribution in [-0.4, -0.2) is 54.2 Å². The Morgan fingerprint density at radius 2 is 1.96 bits per heavy atom. The van der Waals surface area contributed by atoms with Gasteiger partial charge in [0.25, 0.3) is 5.56 Å². The second kappa shape index (κ2) is 6.42. The lowest BCUT2D eigenvalue weighted by Crippen LogP contribution is -2.48. The number of fused-ring (bicyclic) bond motifs is 1. The van der Waals surface area contributed by atoms with Crippen LogP contribution in [0, 0.1) is 6.92 Å². The van der Waals surface area contributed by atoms with Crippen molar-refractivity contribution in [2.45, 2.75) is 13.5 Å². The van der Waals surface area contributed by atoms with E-state index in [0.717, 1.165) is 29.6 Å². The Morgan fingerprint density at radius 3 is 2.65 bits per heavy atom. The molecule has 23 heavy (non-hydrogen) atoms. The van der Waals surface area contributed by atoms with E-state index < -0.39 is 0 Å². The molecular formula is C17H21N3O3. The molecular weight excluding hydrogens is 294 g/mol. The van der Waals surface area contributed by atoms with E-state index in [9.17, 15) is 9.59 Å². The number of carbonyl (C=O) groups is 1. The number of pyridine rings is 1. The summed E-state index contributed by atoms with van der Waals surface area (Å²) in [7, 11) is 1.39. The van der Waals surface area contributed by atoms with Gasteiger partial charge in [0, 0.05) is 43.8 Å². The van der Waals surface area contributed by atoms with E-state index in [1.807, 2.05) is 25.1 Å².